The standard InChI is InChI=1S/C13H17NO3.CH4/c1-14-13(7-8-16-10-13)12(15)17-9-11-5-3-2-4-6-11;/h2-6,14H,7-10H2,1H3;1H4. The van der Waals surface area contributed by atoms with E-state index in [1.807, 2.05) is 30.3 Å². The second-order valence-corrected chi connectivity index (χ2v) is 4.20. The Morgan fingerprint density at radius 1 is 1.44 bits per heavy atom. The minimum Gasteiger partial charge on any atom is -0.459 e. The van der Waals surface area contributed by atoms with E-state index in [9.17, 15) is 4.79 Å². The molecule has 4 heteroatoms. The number of benzene rings is 1. The third kappa shape index (κ3) is 3.09. The minimum absolute atomic E-state index is 0. The van der Waals surface area contributed by atoms with E-state index >= 15 is 0 Å². The van der Waals surface area contributed by atoms with Crippen molar-refractivity contribution in [3.63, 3.8) is 0 Å². The van der Waals surface area contributed by atoms with Gasteiger partial charge in [0.15, 0.2) is 0 Å². The van der Waals surface area contributed by atoms with E-state index in [1.165, 1.54) is 0 Å². The van der Waals surface area contributed by atoms with E-state index in [0.717, 1.165) is 5.56 Å². The maximum atomic E-state index is 12.0. The fourth-order valence-electron chi connectivity index (χ4n) is 1.89. The lowest BCUT2D eigenvalue weighted by Crippen LogP contribution is -2.51. The molecule has 0 spiro atoms. The van der Waals surface area contributed by atoms with Crippen molar-refractivity contribution in [3.05, 3.63) is 35.9 Å². The molecule has 0 aromatic heterocycles. The van der Waals surface area contributed by atoms with Gasteiger partial charge in [0.05, 0.1) is 6.61 Å². The average molecular weight is 251 g/mol. The van der Waals surface area contributed by atoms with Crippen molar-refractivity contribution in [2.75, 3.05) is 20.3 Å². The SMILES string of the molecule is C.CNC1(C(=O)OCc2ccccc2)CCOC1. The molecule has 100 valence electrons. The van der Waals surface area contributed by atoms with Crippen LogP contribution >= 0.6 is 0 Å². The summed E-state index contributed by atoms with van der Waals surface area (Å²) in [4.78, 5) is 12.0. The van der Waals surface area contributed by atoms with Crippen LogP contribution in [0.2, 0.25) is 0 Å². The van der Waals surface area contributed by atoms with Crippen LogP contribution in [0.15, 0.2) is 30.3 Å². The van der Waals surface area contributed by atoms with Gasteiger partial charge >= 0.3 is 5.97 Å². The van der Waals surface area contributed by atoms with Crippen LogP contribution in [0, 0.1) is 0 Å². The number of hydrogen-bond donors (Lipinski definition) is 1. The normalized spacial score (nSPS) is 22.3. The van der Waals surface area contributed by atoms with Crippen molar-refractivity contribution >= 4 is 5.97 Å². The van der Waals surface area contributed by atoms with Crippen LogP contribution in [0.25, 0.3) is 0 Å². The minimum atomic E-state index is -0.658. The van der Waals surface area contributed by atoms with Gasteiger partial charge in [-0.1, -0.05) is 37.8 Å². The van der Waals surface area contributed by atoms with Gasteiger partial charge in [0.2, 0.25) is 0 Å². The van der Waals surface area contributed by atoms with Gasteiger partial charge < -0.3 is 14.8 Å². The number of hydrogen-bond acceptors (Lipinski definition) is 4. The Morgan fingerprint density at radius 2 is 2.17 bits per heavy atom. The lowest BCUT2D eigenvalue weighted by atomic mass is 9.99. The predicted octanol–water partition coefficient (Wildman–Crippen LogP) is 1.74. The zero-order chi connectivity index (χ0) is 12.1. The van der Waals surface area contributed by atoms with Gasteiger partial charge in [0, 0.05) is 13.0 Å². The second kappa shape index (κ2) is 6.52. The quantitative estimate of drug-likeness (QED) is 0.828. The van der Waals surface area contributed by atoms with E-state index in [-0.39, 0.29) is 13.4 Å². The first-order valence-corrected chi connectivity index (χ1v) is 5.75. The molecule has 0 bridgehead atoms. The maximum absolute atomic E-state index is 12.0. The van der Waals surface area contributed by atoms with Gasteiger partial charge in [0.25, 0.3) is 0 Å². The smallest absolute Gasteiger partial charge is 0.329 e. The van der Waals surface area contributed by atoms with Crippen molar-refractivity contribution < 1.29 is 14.3 Å². The van der Waals surface area contributed by atoms with Crippen LogP contribution < -0.4 is 5.32 Å². The molecule has 4 nitrogen and oxygen atoms in total. The largest absolute Gasteiger partial charge is 0.459 e. The topological polar surface area (TPSA) is 47.6 Å². The summed E-state index contributed by atoms with van der Waals surface area (Å²) in [5.41, 5.74) is 0.334. The second-order valence-electron chi connectivity index (χ2n) is 4.20. The Morgan fingerprint density at radius 3 is 2.72 bits per heavy atom. The Balaban J connectivity index is 0.00000162. The fraction of sp³-hybridized carbons (Fsp3) is 0.500. The third-order valence-corrected chi connectivity index (χ3v) is 3.10. The van der Waals surface area contributed by atoms with Gasteiger partial charge in [0.1, 0.15) is 12.1 Å². The highest BCUT2D eigenvalue weighted by atomic mass is 16.5. The number of esters is 1. The first-order valence-electron chi connectivity index (χ1n) is 5.75. The molecule has 1 aliphatic heterocycles. The zero-order valence-electron chi connectivity index (χ0n) is 9.94. The Kier molecular flexibility index (Phi) is 5.31. The lowest BCUT2D eigenvalue weighted by Gasteiger charge is -2.24. The summed E-state index contributed by atoms with van der Waals surface area (Å²) in [6, 6.07) is 9.66. The molecule has 2 rings (SSSR count). The summed E-state index contributed by atoms with van der Waals surface area (Å²) in [5, 5.41) is 3.01. The molecular weight excluding hydrogens is 230 g/mol. The van der Waals surface area contributed by atoms with Gasteiger partial charge in [-0.25, -0.2) is 4.79 Å². The summed E-state index contributed by atoms with van der Waals surface area (Å²) in [5.74, 6) is -0.235. The Labute approximate surface area is 108 Å². The van der Waals surface area contributed by atoms with Crippen LogP contribution in [0.3, 0.4) is 0 Å². The molecule has 1 aromatic carbocycles. The van der Waals surface area contributed by atoms with E-state index < -0.39 is 5.54 Å². The Bertz CT molecular complexity index is 372. The highest BCUT2D eigenvalue weighted by Gasteiger charge is 2.42. The van der Waals surface area contributed by atoms with E-state index in [2.05, 4.69) is 5.32 Å². The van der Waals surface area contributed by atoms with Crippen LogP contribution in [-0.2, 0) is 20.9 Å². The molecule has 0 aliphatic carbocycles. The van der Waals surface area contributed by atoms with Gasteiger partial charge in [-0.05, 0) is 12.6 Å². The van der Waals surface area contributed by atoms with Crippen molar-refractivity contribution in [1.29, 1.82) is 0 Å². The van der Waals surface area contributed by atoms with E-state index in [4.69, 9.17) is 9.47 Å². The van der Waals surface area contributed by atoms with Gasteiger partial charge in [-0.2, -0.15) is 0 Å². The Hall–Kier alpha value is -1.39. The highest BCUT2D eigenvalue weighted by Crippen LogP contribution is 2.20. The summed E-state index contributed by atoms with van der Waals surface area (Å²) < 4.78 is 10.6. The van der Waals surface area contributed by atoms with Crippen LogP contribution in [0.1, 0.15) is 19.4 Å². The molecule has 1 fully saturated rings. The average Bonchev–Trinajstić information content (AvgIpc) is 2.87. The highest BCUT2D eigenvalue weighted by molar-refractivity contribution is 5.81. The first-order chi connectivity index (χ1) is 8.27. The molecular formula is C14H21NO3. The molecule has 1 aromatic rings. The predicted molar refractivity (Wildman–Crippen MR) is 70.2 cm³/mol. The van der Waals surface area contributed by atoms with Crippen LogP contribution in [0.5, 0.6) is 0 Å². The van der Waals surface area contributed by atoms with Gasteiger partial charge in [-0.3, -0.25) is 0 Å². The number of likely N-dealkylation sites (N-methyl/N-ethyl adjacent to an activating group) is 1. The summed E-state index contributed by atoms with van der Waals surface area (Å²) in [6.45, 7) is 1.29. The molecule has 1 unspecified atom stereocenters. The van der Waals surface area contributed by atoms with Crippen molar-refractivity contribution in [1.82, 2.24) is 5.32 Å². The van der Waals surface area contributed by atoms with Gasteiger partial charge in [-0.15, -0.1) is 0 Å². The first kappa shape index (κ1) is 14.7. The summed E-state index contributed by atoms with van der Waals surface area (Å²) in [6.07, 6.45) is 0.664. The molecule has 1 saturated heterocycles. The molecule has 1 aliphatic rings. The molecule has 1 heterocycles. The zero-order valence-corrected chi connectivity index (χ0v) is 9.94. The van der Waals surface area contributed by atoms with Crippen LogP contribution in [0.4, 0.5) is 0 Å². The summed E-state index contributed by atoms with van der Waals surface area (Å²) >= 11 is 0. The number of nitrogens with one attached hydrogen (secondary N) is 1. The maximum Gasteiger partial charge on any atom is 0.329 e. The van der Waals surface area contributed by atoms with Crippen molar-refractivity contribution in [2.24, 2.45) is 0 Å². The molecule has 1 N–H and O–H groups in total. The molecule has 1 atom stereocenters. The molecule has 18 heavy (non-hydrogen) atoms. The number of carbonyl (C=O) groups is 1. The van der Waals surface area contributed by atoms with E-state index in [0.29, 0.717) is 26.2 Å². The van der Waals surface area contributed by atoms with Crippen molar-refractivity contribution in [3.8, 4) is 0 Å². The molecule has 0 radical (unpaired) electrons. The molecule has 0 amide bonds. The fourth-order valence-corrected chi connectivity index (χ4v) is 1.89. The van der Waals surface area contributed by atoms with Crippen molar-refractivity contribution in [2.45, 2.75) is 26.0 Å². The van der Waals surface area contributed by atoms with E-state index in [1.54, 1.807) is 7.05 Å². The lowest BCUT2D eigenvalue weighted by molar-refractivity contribution is -0.152. The monoisotopic (exact) mass is 251 g/mol. The van der Waals surface area contributed by atoms with Crippen LogP contribution in [-0.4, -0.2) is 31.8 Å². The molecule has 0 saturated carbocycles. The third-order valence-electron chi connectivity index (χ3n) is 3.10. The summed E-state index contributed by atoms with van der Waals surface area (Å²) in [7, 11) is 1.76. The number of rotatable bonds is 4. The number of carbonyl (C=O) groups excluding carboxylic acids is 1. The number of ether oxygens (including phenoxy) is 2.